The summed E-state index contributed by atoms with van der Waals surface area (Å²) in [6.45, 7) is 6.90. The molecule has 2 aromatic rings. The number of carbonyl (C=O) groups excluding carboxylic acids is 2. The summed E-state index contributed by atoms with van der Waals surface area (Å²) in [6.07, 6.45) is 0. The van der Waals surface area contributed by atoms with Gasteiger partial charge in [0.15, 0.2) is 9.84 Å². The first-order valence-electron chi connectivity index (χ1n) is 8.54. The van der Waals surface area contributed by atoms with Crippen molar-refractivity contribution in [3.05, 3.63) is 59.2 Å². The second-order valence-electron chi connectivity index (χ2n) is 6.67. The Hall–Kier alpha value is -2.67. The maximum Gasteiger partial charge on any atom is 0.242 e. The minimum absolute atomic E-state index is 0.508. The summed E-state index contributed by atoms with van der Waals surface area (Å²) in [6, 6.07) is 12.5. The molecular weight excluding hydrogens is 364 g/mol. The van der Waals surface area contributed by atoms with Gasteiger partial charge in [0, 0.05) is 11.4 Å². The van der Waals surface area contributed by atoms with Gasteiger partial charge in [-0.25, -0.2) is 8.42 Å². The van der Waals surface area contributed by atoms with Crippen molar-refractivity contribution in [3.63, 3.8) is 0 Å². The predicted molar refractivity (Wildman–Crippen MR) is 108 cm³/mol. The normalized spacial score (nSPS) is 12.3. The van der Waals surface area contributed by atoms with E-state index in [-0.39, 0.29) is 0 Å². The number of nitrogens with one attached hydrogen (secondary N) is 2. The Morgan fingerprint density at radius 2 is 1.52 bits per heavy atom. The highest BCUT2D eigenvalue weighted by Gasteiger charge is 2.30. The zero-order valence-electron chi connectivity index (χ0n) is 15.9. The Morgan fingerprint density at radius 1 is 0.926 bits per heavy atom. The van der Waals surface area contributed by atoms with Gasteiger partial charge < -0.3 is 10.6 Å². The molecule has 0 saturated carbocycles. The van der Waals surface area contributed by atoms with Crippen molar-refractivity contribution in [1.82, 2.24) is 0 Å². The third kappa shape index (κ3) is 5.65. The molecule has 0 aromatic heterocycles. The van der Waals surface area contributed by atoms with Crippen LogP contribution in [0.5, 0.6) is 0 Å². The molecule has 6 nitrogen and oxygen atoms in total. The summed E-state index contributed by atoms with van der Waals surface area (Å²) >= 11 is 0. The van der Waals surface area contributed by atoms with Crippen LogP contribution in [0.25, 0.3) is 0 Å². The number of amides is 2. The summed E-state index contributed by atoms with van der Waals surface area (Å²) in [7, 11) is -3.95. The van der Waals surface area contributed by atoms with Crippen LogP contribution in [0.1, 0.15) is 23.6 Å². The molecule has 0 heterocycles. The molecule has 7 heteroatoms. The monoisotopic (exact) mass is 388 g/mol. The first-order valence-corrected chi connectivity index (χ1v) is 10.3. The maximum absolute atomic E-state index is 12.4. The van der Waals surface area contributed by atoms with Crippen LogP contribution in [0, 0.1) is 20.8 Å². The largest absolute Gasteiger partial charge is 0.325 e. The van der Waals surface area contributed by atoms with Crippen LogP contribution in [0.15, 0.2) is 42.5 Å². The predicted octanol–water partition coefficient (Wildman–Crippen LogP) is 2.99. The Kier molecular flexibility index (Phi) is 6.38. The SMILES string of the molecule is Cc1ccc(NC(=O)CS(=O)(=O)C(C)C(=O)Nc2cc(C)ccc2C)cc1. The van der Waals surface area contributed by atoms with Crippen LogP contribution < -0.4 is 10.6 Å². The highest BCUT2D eigenvalue weighted by atomic mass is 32.2. The number of hydrogen-bond acceptors (Lipinski definition) is 4. The second kappa shape index (κ2) is 8.35. The molecule has 0 aliphatic carbocycles. The topological polar surface area (TPSA) is 92.3 Å². The smallest absolute Gasteiger partial charge is 0.242 e. The lowest BCUT2D eigenvalue weighted by Gasteiger charge is -2.15. The van der Waals surface area contributed by atoms with E-state index in [9.17, 15) is 18.0 Å². The molecule has 0 fully saturated rings. The fourth-order valence-electron chi connectivity index (χ4n) is 2.41. The number of benzene rings is 2. The Balaban J connectivity index is 2.03. The lowest BCUT2D eigenvalue weighted by molar-refractivity contribution is -0.115. The van der Waals surface area contributed by atoms with Crippen LogP contribution in [0.4, 0.5) is 11.4 Å². The van der Waals surface area contributed by atoms with Gasteiger partial charge in [0.1, 0.15) is 11.0 Å². The average Bonchev–Trinajstić information content (AvgIpc) is 2.59. The third-order valence-electron chi connectivity index (χ3n) is 4.23. The number of rotatable bonds is 6. The number of hydrogen-bond donors (Lipinski definition) is 2. The van der Waals surface area contributed by atoms with Crippen LogP contribution >= 0.6 is 0 Å². The van der Waals surface area contributed by atoms with E-state index < -0.39 is 32.7 Å². The molecule has 0 saturated heterocycles. The summed E-state index contributed by atoms with van der Waals surface area (Å²) in [5.74, 6) is -2.10. The van der Waals surface area contributed by atoms with E-state index in [0.717, 1.165) is 16.7 Å². The molecule has 2 N–H and O–H groups in total. The molecular formula is C20H24N2O4S. The second-order valence-corrected chi connectivity index (χ2v) is 8.99. The number of aryl methyl sites for hydroxylation is 3. The Labute approximate surface area is 159 Å². The van der Waals surface area contributed by atoms with Crippen molar-refractivity contribution < 1.29 is 18.0 Å². The highest BCUT2D eigenvalue weighted by Crippen LogP contribution is 2.18. The fraction of sp³-hybridized carbons (Fsp3) is 0.300. The van der Waals surface area contributed by atoms with Gasteiger partial charge >= 0.3 is 0 Å². The summed E-state index contributed by atoms with van der Waals surface area (Å²) < 4.78 is 24.9. The lowest BCUT2D eigenvalue weighted by Crippen LogP contribution is -2.37. The first-order chi connectivity index (χ1) is 12.6. The Morgan fingerprint density at radius 3 is 2.15 bits per heavy atom. The highest BCUT2D eigenvalue weighted by molar-refractivity contribution is 7.93. The fourth-order valence-corrected chi connectivity index (χ4v) is 3.48. The van der Waals surface area contributed by atoms with E-state index in [1.165, 1.54) is 6.92 Å². The molecule has 144 valence electrons. The zero-order chi connectivity index (χ0) is 20.2. The minimum Gasteiger partial charge on any atom is -0.325 e. The van der Waals surface area contributed by atoms with E-state index in [0.29, 0.717) is 11.4 Å². The van der Waals surface area contributed by atoms with Crippen LogP contribution in [-0.2, 0) is 19.4 Å². The molecule has 27 heavy (non-hydrogen) atoms. The van der Waals surface area contributed by atoms with Crippen LogP contribution in [0.3, 0.4) is 0 Å². The van der Waals surface area contributed by atoms with Crippen LogP contribution in [-0.4, -0.2) is 31.2 Å². The molecule has 2 amide bonds. The van der Waals surface area contributed by atoms with Gasteiger partial charge in [-0.3, -0.25) is 9.59 Å². The molecule has 0 bridgehead atoms. The van der Waals surface area contributed by atoms with Gasteiger partial charge in [0.25, 0.3) is 0 Å². The van der Waals surface area contributed by atoms with Crippen molar-refractivity contribution in [2.75, 3.05) is 16.4 Å². The van der Waals surface area contributed by atoms with Gasteiger partial charge in [0.05, 0.1) is 0 Å². The summed E-state index contributed by atoms with van der Waals surface area (Å²) in [5, 5.41) is 3.83. The lowest BCUT2D eigenvalue weighted by atomic mass is 10.1. The first kappa shape index (κ1) is 20.6. The quantitative estimate of drug-likeness (QED) is 0.796. The third-order valence-corrected chi connectivity index (χ3v) is 6.18. The zero-order valence-corrected chi connectivity index (χ0v) is 16.7. The van der Waals surface area contributed by atoms with E-state index in [1.54, 1.807) is 18.2 Å². The molecule has 1 atom stereocenters. The Bertz CT molecular complexity index is 950. The van der Waals surface area contributed by atoms with E-state index in [1.807, 2.05) is 45.0 Å². The van der Waals surface area contributed by atoms with Gasteiger partial charge in [0.2, 0.25) is 11.8 Å². The van der Waals surface area contributed by atoms with Crippen molar-refractivity contribution in [1.29, 1.82) is 0 Å². The maximum atomic E-state index is 12.4. The van der Waals surface area contributed by atoms with E-state index >= 15 is 0 Å². The van der Waals surface area contributed by atoms with Gasteiger partial charge in [-0.05, 0) is 57.0 Å². The van der Waals surface area contributed by atoms with Crippen molar-refractivity contribution >= 4 is 33.0 Å². The number of carbonyl (C=O) groups is 2. The van der Waals surface area contributed by atoms with E-state index in [2.05, 4.69) is 10.6 Å². The van der Waals surface area contributed by atoms with Crippen molar-refractivity contribution in [2.45, 2.75) is 32.9 Å². The average molecular weight is 388 g/mol. The van der Waals surface area contributed by atoms with Gasteiger partial charge in [-0.2, -0.15) is 0 Å². The van der Waals surface area contributed by atoms with E-state index in [4.69, 9.17) is 0 Å². The summed E-state index contributed by atoms with van der Waals surface area (Å²) in [4.78, 5) is 24.5. The molecule has 0 radical (unpaired) electrons. The summed E-state index contributed by atoms with van der Waals surface area (Å²) in [5.41, 5.74) is 3.87. The molecule has 0 aliphatic heterocycles. The van der Waals surface area contributed by atoms with Crippen molar-refractivity contribution in [3.8, 4) is 0 Å². The minimum atomic E-state index is -3.95. The molecule has 2 aromatic carbocycles. The molecule has 1 unspecified atom stereocenters. The standard InChI is InChI=1S/C20H24N2O4S/c1-13-6-9-17(10-7-13)21-19(23)12-27(25,26)16(4)20(24)22-18-11-14(2)5-8-15(18)3/h5-11,16H,12H2,1-4H3,(H,21,23)(H,22,24). The van der Waals surface area contributed by atoms with Gasteiger partial charge in [-0.1, -0.05) is 29.8 Å². The number of sulfone groups is 1. The molecule has 0 spiro atoms. The molecule has 2 rings (SSSR count). The number of anilines is 2. The van der Waals surface area contributed by atoms with Gasteiger partial charge in [-0.15, -0.1) is 0 Å². The van der Waals surface area contributed by atoms with Crippen molar-refractivity contribution in [2.24, 2.45) is 0 Å². The molecule has 0 aliphatic rings. The van der Waals surface area contributed by atoms with Crippen LogP contribution in [0.2, 0.25) is 0 Å².